The van der Waals surface area contributed by atoms with Crippen LogP contribution in [-0.2, 0) is 6.54 Å². The van der Waals surface area contributed by atoms with Gasteiger partial charge in [-0.1, -0.05) is 36.4 Å². The van der Waals surface area contributed by atoms with Crippen LogP contribution in [0, 0.1) is 5.82 Å². The number of aromatic nitrogens is 2. The second kappa shape index (κ2) is 6.96. The van der Waals surface area contributed by atoms with Crippen molar-refractivity contribution in [2.24, 2.45) is 5.73 Å². The molecule has 3 aromatic rings. The van der Waals surface area contributed by atoms with Crippen LogP contribution in [0.2, 0.25) is 0 Å². The van der Waals surface area contributed by atoms with E-state index in [1.54, 1.807) is 48.5 Å². The minimum absolute atomic E-state index is 0.00698. The molecule has 0 unspecified atom stereocenters. The Bertz CT molecular complexity index is 922. The van der Waals surface area contributed by atoms with Gasteiger partial charge in [0.25, 0.3) is 11.8 Å². The maximum absolute atomic E-state index is 13.8. The van der Waals surface area contributed by atoms with Crippen LogP contribution in [0.4, 0.5) is 10.2 Å². The van der Waals surface area contributed by atoms with Crippen molar-refractivity contribution in [1.29, 1.82) is 0 Å². The van der Waals surface area contributed by atoms with Crippen LogP contribution in [0.5, 0.6) is 0 Å². The predicted octanol–water partition coefficient (Wildman–Crippen LogP) is 2.42. The lowest BCUT2D eigenvalue weighted by Crippen LogP contribution is -2.21. The number of hydrogen-bond acceptors (Lipinski definition) is 3. The minimum Gasteiger partial charge on any atom is -0.364 e. The molecule has 3 rings (SSSR count). The third-order valence-corrected chi connectivity index (χ3v) is 3.64. The number of nitrogens with two attached hydrogens (primary N) is 1. The number of rotatable bonds is 5. The lowest BCUT2D eigenvalue weighted by Gasteiger charge is -2.09. The summed E-state index contributed by atoms with van der Waals surface area (Å²) in [5, 5.41) is 2.56. The van der Waals surface area contributed by atoms with Crippen molar-refractivity contribution < 1.29 is 14.0 Å². The monoisotopic (exact) mass is 338 g/mol. The number of anilines is 1. The Morgan fingerprint density at radius 3 is 2.44 bits per heavy atom. The molecular formula is C18H15FN4O2. The first-order valence-electron chi connectivity index (χ1n) is 7.51. The van der Waals surface area contributed by atoms with Gasteiger partial charge in [0.2, 0.25) is 0 Å². The molecular weight excluding hydrogens is 323 g/mol. The van der Waals surface area contributed by atoms with E-state index in [1.807, 2.05) is 0 Å². The molecule has 1 aromatic heterocycles. The zero-order valence-corrected chi connectivity index (χ0v) is 13.1. The van der Waals surface area contributed by atoms with E-state index in [1.165, 1.54) is 17.0 Å². The number of carbonyl (C=O) groups is 2. The summed E-state index contributed by atoms with van der Waals surface area (Å²) < 4.78 is 15.2. The SMILES string of the molecule is NC(=O)c1c(NC(=O)c2ccccc2)ncn1Cc1ccccc1F. The van der Waals surface area contributed by atoms with Crippen LogP contribution in [0.15, 0.2) is 60.9 Å². The summed E-state index contributed by atoms with van der Waals surface area (Å²) in [6.45, 7) is 0.0686. The second-order valence-electron chi connectivity index (χ2n) is 5.35. The smallest absolute Gasteiger partial charge is 0.269 e. The quantitative estimate of drug-likeness (QED) is 0.748. The van der Waals surface area contributed by atoms with Gasteiger partial charge >= 0.3 is 0 Å². The molecule has 0 aliphatic heterocycles. The normalized spacial score (nSPS) is 10.4. The first-order valence-corrected chi connectivity index (χ1v) is 7.51. The van der Waals surface area contributed by atoms with Crippen molar-refractivity contribution in [2.45, 2.75) is 6.54 Å². The van der Waals surface area contributed by atoms with Crippen molar-refractivity contribution >= 4 is 17.6 Å². The molecule has 3 N–H and O–H groups in total. The van der Waals surface area contributed by atoms with Crippen LogP contribution < -0.4 is 11.1 Å². The molecule has 2 aromatic carbocycles. The molecule has 2 amide bonds. The number of nitrogens with one attached hydrogen (secondary N) is 1. The molecule has 0 saturated heterocycles. The zero-order valence-electron chi connectivity index (χ0n) is 13.1. The molecule has 6 nitrogen and oxygen atoms in total. The highest BCUT2D eigenvalue weighted by Gasteiger charge is 2.19. The molecule has 7 heteroatoms. The van der Waals surface area contributed by atoms with Gasteiger partial charge in [-0.2, -0.15) is 0 Å². The summed E-state index contributed by atoms with van der Waals surface area (Å²) in [6.07, 6.45) is 1.34. The first-order chi connectivity index (χ1) is 12.1. The Labute approximate surface area is 143 Å². The lowest BCUT2D eigenvalue weighted by molar-refractivity contribution is 0.0992. The van der Waals surface area contributed by atoms with E-state index in [-0.39, 0.29) is 18.1 Å². The van der Waals surface area contributed by atoms with Gasteiger partial charge in [-0.25, -0.2) is 9.37 Å². The molecule has 0 bridgehead atoms. The van der Waals surface area contributed by atoms with Crippen LogP contribution in [0.3, 0.4) is 0 Å². The van der Waals surface area contributed by atoms with Gasteiger partial charge in [-0.15, -0.1) is 0 Å². The molecule has 25 heavy (non-hydrogen) atoms. The topological polar surface area (TPSA) is 90.0 Å². The van der Waals surface area contributed by atoms with Crippen LogP contribution in [0.25, 0.3) is 0 Å². The summed E-state index contributed by atoms with van der Waals surface area (Å²) in [4.78, 5) is 28.1. The third-order valence-electron chi connectivity index (χ3n) is 3.64. The summed E-state index contributed by atoms with van der Waals surface area (Å²) in [6, 6.07) is 14.7. The Balaban J connectivity index is 1.89. The van der Waals surface area contributed by atoms with Gasteiger partial charge in [0.05, 0.1) is 12.9 Å². The molecule has 1 heterocycles. The molecule has 0 aliphatic rings. The van der Waals surface area contributed by atoms with Crippen molar-refractivity contribution in [3.05, 3.63) is 83.6 Å². The van der Waals surface area contributed by atoms with E-state index < -0.39 is 17.6 Å². The van der Waals surface area contributed by atoms with E-state index in [0.29, 0.717) is 11.1 Å². The van der Waals surface area contributed by atoms with Crippen molar-refractivity contribution in [2.75, 3.05) is 5.32 Å². The number of primary amides is 1. The highest BCUT2D eigenvalue weighted by Crippen LogP contribution is 2.17. The number of carbonyl (C=O) groups excluding carboxylic acids is 2. The van der Waals surface area contributed by atoms with Gasteiger partial charge in [-0.05, 0) is 18.2 Å². The van der Waals surface area contributed by atoms with Gasteiger partial charge in [-0.3, -0.25) is 9.59 Å². The van der Waals surface area contributed by atoms with Gasteiger partial charge in [0.1, 0.15) is 5.82 Å². The summed E-state index contributed by atoms with van der Waals surface area (Å²) in [5.74, 6) is -1.55. The fourth-order valence-electron chi connectivity index (χ4n) is 2.43. The number of hydrogen-bond donors (Lipinski definition) is 2. The maximum atomic E-state index is 13.8. The molecule has 0 saturated carbocycles. The Morgan fingerprint density at radius 2 is 1.76 bits per heavy atom. The first kappa shape index (κ1) is 16.4. The average Bonchev–Trinajstić information content (AvgIpc) is 3.00. The number of benzene rings is 2. The van der Waals surface area contributed by atoms with E-state index in [0.717, 1.165) is 0 Å². The largest absolute Gasteiger partial charge is 0.364 e. The maximum Gasteiger partial charge on any atom is 0.269 e. The molecule has 0 atom stereocenters. The highest BCUT2D eigenvalue weighted by atomic mass is 19.1. The van der Waals surface area contributed by atoms with E-state index >= 15 is 0 Å². The van der Waals surface area contributed by atoms with Crippen molar-refractivity contribution in [3.63, 3.8) is 0 Å². The molecule has 0 fully saturated rings. The highest BCUT2D eigenvalue weighted by molar-refractivity contribution is 6.07. The number of halogens is 1. The third kappa shape index (κ3) is 3.55. The Hall–Kier alpha value is -3.48. The van der Waals surface area contributed by atoms with Crippen LogP contribution in [0.1, 0.15) is 26.4 Å². The fraction of sp³-hybridized carbons (Fsp3) is 0.0556. The molecule has 126 valence electrons. The minimum atomic E-state index is -0.766. The molecule has 0 radical (unpaired) electrons. The van der Waals surface area contributed by atoms with Crippen LogP contribution in [-0.4, -0.2) is 21.4 Å². The molecule has 0 spiro atoms. The van der Waals surface area contributed by atoms with Gasteiger partial charge in [0.15, 0.2) is 11.5 Å². The van der Waals surface area contributed by atoms with E-state index in [9.17, 15) is 14.0 Å². The Morgan fingerprint density at radius 1 is 1.08 bits per heavy atom. The zero-order chi connectivity index (χ0) is 17.8. The standard InChI is InChI=1S/C18H15FN4O2/c19-14-9-5-4-8-13(14)10-23-11-21-17(15(23)16(20)24)22-18(25)12-6-2-1-3-7-12/h1-9,11H,10H2,(H2,20,24)(H,22,25). The fourth-order valence-corrected chi connectivity index (χ4v) is 2.43. The summed E-state index contributed by atoms with van der Waals surface area (Å²) in [7, 11) is 0. The lowest BCUT2D eigenvalue weighted by atomic mass is 10.2. The van der Waals surface area contributed by atoms with E-state index in [2.05, 4.69) is 10.3 Å². The average molecular weight is 338 g/mol. The van der Waals surface area contributed by atoms with Gasteiger partial charge < -0.3 is 15.6 Å². The second-order valence-corrected chi connectivity index (χ2v) is 5.35. The van der Waals surface area contributed by atoms with Gasteiger partial charge in [0, 0.05) is 11.1 Å². The van der Waals surface area contributed by atoms with Crippen molar-refractivity contribution in [3.8, 4) is 0 Å². The van der Waals surface area contributed by atoms with Crippen molar-refractivity contribution in [1.82, 2.24) is 9.55 Å². The number of nitrogens with zero attached hydrogens (tertiary/aromatic N) is 2. The Kier molecular flexibility index (Phi) is 4.56. The van der Waals surface area contributed by atoms with E-state index in [4.69, 9.17) is 5.73 Å². The van der Waals surface area contributed by atoms with Crippen LogP contribution >= 0.6 is 0 Å². The number of imidazole rings is 1. The molecule has 0 aliphatic carbocycles. The summed E-state index contributed by atoms with van der Waals surface area (Å²) in [5.41, 5.74) is 6.22. The summed E-state index contributed by atoms with van der Waals surface area (Å²) >= 11 is 0. The predicted molar refractivity (Wildman–Crippen MR) is 90.6 cm³/mol. The number of amides is 2.